The average molecular weight is 619 g/mol. The summed E-state index contributed by atoms with van der Waals surface area (Å²) in [5.41, 5.74) is 9.29. The predicted molar refractivity (Wildman–Crippen MR) is 182 cm³/mol. The van der Waals surface area contributed by atoms with Gasteiger partial charge in [0.1, 0.15) is 0 Å². The first-order chi connectivity index (χ1) is 21.7. The lowest BCUT2D eigenvalue weighted by molar-refractivity contribution is 0.0943. The van der Waals surface area contributed by atoms with Crippen molar-refractivity contribution >= 4 is 28.4 Å². The number of nitrogens with one attached hydrogen (secondary N) is 1. The van der Waals surface area contributed by atoms with Crippen molar-refractivity contribution in [2.75, 3.05) is 13.6 Å². The second-order valence-corrected chi connectivity index (χ2v) is 11.3. The molecule has 0 aliphatic heterocycles. The van der Waals surface area contributed by atoms with E-state index in [9.17, 15) is 14.7 Å². The SMILES string of the molecule is C=CN(C)/C(=C\N)C(O)(c1ccc(C(=O)NCCc2ccccc2)cc1)c1ccc2c(c1)c(-c1cccc(Cl)c1)cc(=O)n2C. The van der Waals surface area contributed by atoms with E-state index in [4.69, 9.17) is 17.3 Å². The summed E-state index contributed by atoms with van der Waals surface area (Å²) in [5.74, 6) is -0.211. The molecule has 0 aliphatic carbocycles. The minimum absolute atomic E-state index is 0.174. The third kappa shape index (κ3) is 6.27. The highest BCUT2D eigenvalue weighted by Crippen LogP contribution is 2.40. The van der Waals surface area contributed by atoms with Crippen LogP contribution in [-0.2, 0) is 19.1 Å². The summed E-state index contributed by atoms with van der Waals surface area (Å²) in [6.45, 7) is 4.36. The minimum Gasteiger partial charge on any atom is -0.403 e. The lowest BCUT2D eigenvalue weighted by atomic mass is 9.81. The molecule has 1 unspecified atom stereocenters. The van der Waals surface area contributed by atoms with Crippen molar-refractivity contribution < 1.29 is 9.90 Å². The predicted octanol–water partition coefficient (Wildman–Crippen LogP) is 5.94. The molecule has 5 rings (SSSR count). The summed E-state index contributed by atoms with van der Waals surface area (Å²) in [6.07, 6.45) is 3.61. The molecule has 45 heavy (non-hydrogen) atoms. The number of aryl methyl sites for hydroxylation is 1. The van der Waals surface area contributed by atoms with E-state index < -0.39 is 5.60 Å². The Kier molecular flexibility index (Phi) is 9.23. The fourth-order valence-electron chi connectivity index (χ4n) is 5.57. The van der Waals surface area contributed by atoms with Crippen LogP contribution in [-0.4, -0.2) is 34.1 Å². The average Bonchev–Trinajstić information content (AvgIpc) is 3.06. The van der Waals surface area contributed by atoms with Crippen molar-refractivity contribution in [2.24, 2.45) is 12.8 Å². The van der Waals surface area contributed by atoms with Gasteiger partial charge in [-0.2, -0.15) is 0 Å². The molecule has 1 aromatic heterocycles. The van der Waals surface area contributed by atoms with Crippen molar-refractivity contribution in [1.82, 2.24) is 14.8 Å². The van der Waals surface area contributed by atoms with E-state index in [0.29, 0.717) is 51.5 Å². The first-order valence-electron chi connectivity index (χ1n) is 14.5. The van der Waals surface area contributed by atoms with Crippen LogP contribution < -0.4 is 16.6 Å². The number of hydrogen-bond acceptors (Lipinski definition) is 5. The van der Waals surface area contributed by atoms with Gasteiger partial charge in [0, 0.05) is 48.9 Å². The van der Waals surface area contributed by atoms with Crippen molar-refractivity contribution in [3.63, 3.8) is 0 Å². The Balaban J connectivity index is 1.58. The molecule has 1 heterocycles. The first kappa shape index (κ1) is 31.3. The molecule has 0 spiro atoms. The molecule has 0 radical (unpaired) electrons. The number of nitrogens with two attached hydrogens (primary N) is 1. The van der Waals surface area contributed by atoms with E-state index in [1.807, 2.05) is 54.6 Å². The first-order valence-corrected chi connectivity index (χ1v) is 14.9. The Morgan fingerprint density at radius 3 is 2.38 bits per heavy atom. The Morgan fingerprint density at radius 2 is 1.71 bits per heavy atom. The maximum atomic E-state index is 12.9. The van der Waals surface area contributed by atoms with Crippen molar-refractivity contribution in [2.45, 2.75) is 12.0 Å². The lowest BCUT2D eigenvalue weighted by Gasteiger charge is -2.36. The number of amides is 1. The number of benzene rings is 4. The van der Waals surface area contributed by atoms with Gasteiger partial charge in [-0.3, -0.25) is 9.59 Å². The van der Waals surface area contributed by atoms with Crippen LogP contribution in [0.15, 0.2) is 133 Å². The molecule has 7 nitrogen and oxygen atoms in total. The summed E-state index contributed by atoms with van der Waals surface area (Å²) < 4.78 is 1.56. The molecule has 4 N–H and O–H groups in total. The Morgan fingerprint density at radius 1 is 1.00 bits per heavy atom. The zero-order chi connectivity index (χ0) is 32.1. The fraction of sp³-hybridized carbons (Fsp3) is 0.135. The third-order valence-electron chi connectivity index (χ3n) is 8.09. The van der Waals surface area contributed by atoms with Gasteiger partial charge in [-0.15, -0.1) is 0 Å². The molecule has 5 aromatic rings. The van der Waals surface area contributed by atoms with Crippen molar-refractivity contribution in [3.05, 3.63) is 165 Å². The van der Waals surface area contributed by atoms with Crippen LogP contribution in [0, 0.1) is 0 Å². The summed E-state index contributed by atoms with van der Waals surface area (Å²) in [6, 6.07) is 31.0. The molecule has 0 saturated heterocycles. The smallest absolute Gasteiger partial charge is 0.251 e. The Hall–Kier alpha value is -5.11. The summed E-state index contributed by atoms with van der Waals surface area (Å²) in [5, 5.41) is 16.9. The number of aromatic nitrogens is 1. The molecular weight excluding hydrogens is 584 g/mol. The number of rotatable bonds is 10. The maximum Gasteiger partial charge on any atom is 0.251 e. The van der Waals surface area contributed by atoms with E-state index in [0.717, 1.165) is 16.5 Å². The van der Waals surface area contributed by atoms with Crippen molar-refractivity contribution in [1.29, 1.82) is 0 Å². The summed E-state index contributed by atoms with van der Waals surface area (Å²) >= 11 is 6.32. The highest BCUT2D eigenvalue weighted by atomic mass is 35.5. The van der Waals surface area contributed by atoms with Gasteiger partial charge in [-0.25, -0.2) is 0 Å². The second-order valence-electron chi connectivity index (χ2n) is 10.8. The van der Waals surface area contributed by atoms with Gasteiger partial charge in [0.15, 0.2) is 5.60 Å². The number of hydrogen-bond donors (Lipinski definition) is 3. The Labute approximate surface area is 267 Å². The molecule has 1 amide bonds. The van der Waals surface area contributed by atoms with Gasteiger partial charge in [0.2, 0.25) is 0 Å². The van der Waals surface area contributed by atoms with Crippen molar-refractivity contribution in [3.8, 4) is 11.1 Å². The van der Waals surface area contributed by atoms with E-state index in [-0.39, 0.29) is 11.5 Å². The zero-order valence-corrected chi connectivity index (χ0v) is 26.0. The molecule has 228 valence electrons. The third-order valence-corrected chi connectivity index (χ3v) is 8.32. The summed E-state index contributed by atoms with van der Waals surface area (Å²) in [4.78, 5) is 27.5. The van der Waals surface area contributed by atoms with Gasteiger partial charge in [0.25, 0.3) is 11.5 Å². The number of pyridine rings is 1. The number of nitrogens with zero attached hydrogens (tertiary/aromatic N) is 2. The fourth-order valence-corrected chi connectivity index (χ4v) is 5.76. The Bertz CT molecular complexity index is 1950. The number of halogens is 1. The van der Waals surface area contributed by atoms with Crippen LogP contribution in [0.3, 0.4) is 0 Å². The molecule has 4 aromatic carbocycles. The van der Waals surface area contributed by atoms with Gasteiger partial charge in [0.05, 0.1) is 11.2 Å². The summed E-state index contributed by atoms with van der Waals surface area (Å²) in [7, 11) is 3.45. The number of likely N-dealkylation sites (N-methyl/N-ethyl adjacent to an activating group) is 1. The van der Waals surface area contributed by atoms with Crippen LogP contribution in [0.2, 0.25) is 5.02 Å². The van der Waals surface area contributed by atoms with Gasteiger partial charge in [-0.05, 0) is 76.8 Å². The zero-order valence-electron chi connectivity index (χ0n) is 25.2. The monoisotopic (exact) mass is 618 g/mol. The molecule has 1 atom stereocenters. The molecular formula is C37H35ClN4O3. The number of fused-ring (bicyclic) bond motifs is 1. The van der Waals surface area contributed by atoms with Crippen LogP contribution >= 0.6 is 11.6 Å². The van der Waals surface area contributed by atoms with Gasteiger partial charge in [-0.1, -0.05) is 78.8 Å². The number of aliphatic hydroxyl groups is 1. The molecule has 0 fully saturated rings. The standard InChI is InChI=1S/C37H35ClN4O3/c1-4-41(2)34(24-39)37(45,28-15-13-26(14-16-28)36(44)40-20-19-25-9-6-5-7-10-25)29-17-18-33-32(22-29)31(23-35(43)42(33)3)27-11-8-12-30(38)21-27/h4-18,21-24,45H,1,19-20,39H2,2-3H3,(H,40,44)/b34-24-. The molecule has 8 heteroatoms. The normalized spacial score (nSPS) is 12.8. The number of carbonyl (C=O) groups is 1. The van der Waals surface area contributed by atoms with E-state index >= 15 is 0 Å². The lowest BCUT2D eigenvalue weighted by Crippen LogP contribution is -2.37. The van der Waals surface area contributed by atoms with E-state index in [1.54, 1.807) is 78.3 Å². The highest BCUT2D eigenvalue weighted by molar-refractivity contribution is 6.30. The molecule has 0 aliphatic rings. The van der Waals surface area contributed by atoms with E-state index in [2.05, 4.69) is 11.9 Å². The van der Waals surface area contributed by atoms with Crippen LogP contribution in [0.25, 0.3) is 22.0 Å². The molecule has 0 saturated carbocycles. The maximum absolute atomic E-state index is 12.9. The largest absolute Gasteiger partial charge is 0.403 e. The van der Waals surface area contributed by atoms with Crippen LogP contribution in [0.1, 0.15) is 27.0 Å². The second kappa shape index (κ2) is 13.3. The topological polar surface area (TPSA) is 101 Å². The highest BCUT2D eigenvalue weighted by Gasteiger charge is 2.38. The quantitative estimate of drug-likeness (QED) is 0.180. The minimum atomic E-state index is -1.76. The van der Waals surface area contributed by atoms with Crippen LogP contribution in [0.5, 0.6) is 0 Å². The molecule has 0 bridgehead atoms. The number of carbonyl (C=O) groups excluding carboxylic acids is 1. The van der Waals surface area contributed by atoms with Gasteiger partial charge >= 0.3 is 0 Å². The van der Waals surface area contributed by atoms with Crippen LogP contribution in [0.4, 0.5) is 0 Å². The van der Waals surface area contributed by atoms with E-state index in [1.165, 1.54) is 6.20 Å². The van der Waals surface area contributed by atoms with Gasteiger partial charge < -0.3 is 25.6 Å².